The van der Waals surface area contributed by atoms with Gasteiger partial charge in [-0.05, 0) is 38.0 Å². The fourth-order valence-corrected chi connectivity index (χ4v) is 2.89. The molecule has 2 rings (SSSR count). The Kier molecular flexibility index (Phi) is 3.13. The molecule has 0 amide bonds. The Balaban J connectivity index is 2.35. The number of nitrogens with two attached hydrogens (primary N) is 1. The summed E-state index contributed by atoms with van der Waals surface area (Å²) in [6.07, 6.45) is 0. The van der Waals surface area contributed by atoms with Gasteiger partial charge in [-0.25, -0.2) is 0 Å². The third kappa shape index (κ3) is 2.18. The van der Waals surface area contributed by atoms with Crippen LogP contribution in [0, 0.1) is 20.8 Å². The molecule has 0 spiro atoms. The molecule has 1 nitrogen and oxygen atoms in total. The zero-order valence-corrected chi connectivity index (χ0v) is 10.8. The predicted octanol–water partition coefficient (Wildman–Crippen LogP) is 3.72. The Labute approximate surface area is 101 Å². The average molecular weight is 231 g/mol. The second kappa shape index (κ2) is 4.40. The normalized spacial score (nSPS) is 12.8. The minimum atomic E-state index is 0.00514. The van der Waals surface area contributed by atoms with Crippen molar-refractivity contribution in [3.63, 3.8) is 0 Å². The van der Waals surface area contributed by atoms with Gasteiger partial charge in [0.15, 0.2) is 0 Å². The van der Waals surface area contributed by atoms with Gasteiger partial charge in [0.25, 0.3) is 0 Å². The van der Waals surface area contributed by atoms with Gasteiger partial charge >= 0.3 is 0 Å². The predicted molar refractivity (Wildman–Crippen MR) is 71.0 cm³/mol. The highest BCUT2D eigenvalue weighted by atomic mass is 32.1. The van der Waals surface area contributed by atoms with Crippen LogP contribution in [0.4, 0.5) is 0 Å². The van der Waals surface area contributed by atoms with E-state index in [-0.39, 0.29) is 6.04 Å². The summed E-state index contributed by atoms with van der Waals surface area (Å²) in [6.45, 7) is 6.36. The molecule has 0 bridgehead atoms. The van der Waals surface area contributed by atoms with Crippen molar-refractivity contribution in [1.82, 2.24) is 0 Å². The number of benzene rings is 1. The van der Waals surface area contributed by atoms with Crippen LogP contribution in [-0.4, -0.2) is 0 Å². The summed E-state index contributed by atoms with van der Waals surface area (Å²) in [5.41, 5.74) is 10.0. The molecule has 2 heteroatoms. The van der Waals surface area contributed by atoms with E-state index < -0.39 is 0 Å². The van der Waals surface area contributed by atoms with Crippen LogP contribution < -0.4 is 5.73 Å². The first-order valence-corrected chi connectivity index (χ1v) is 6.28. The first-order chi connectivity index (χ1) is 7.58. The molecule has 0 aliphatic rings. The molecule has 1 aromatic carbocycles. The molecule has 0 radical (unpaired) electrons. The molecular weight excluding hydrogens is 214 g/mol. The zero-order chi connectivity index (χ0) is 11.7. The molecular formula is C14H17NS. The third-order valence-corrected chi connectivity index (χ3v) is 3.83. The van der Waals surface area contributed by atoms with E-state index in [2.05, 4.69) is 51.1 Å². The lowest BCUT2D eigenvalue weighted by Gasteiger charge is -2.12. The van der Waals surface area contributed by atoms with Crippen molar-refractivity contribution in [3.8, 4) is 0 Å². The lowest BCUT2D eigenvalue weighted by atomic mass is 9.99. The van der Waals surface area contributed by atoms with E-state index in [1.165, 1.54) is 26.4 Å². The quantitative estimate of drug-likeness (QED) is 0.837. The van der Waals surface area contributed by atoms with Crippen molar-refractivity contribution < 1.29 is 0 Å². The minimum Gasteiger partial charge on any atom is -0.320 e. The molecule has 0 aliphatic carbocycles. The van der Waals surface area contributed by atoms with Gasteiger partial charge in [0, 0.05) is 9.75 Å². The van der Waals surface area contributed by atoms with Crippen LogP contribution in [0.5, 0.6) is 0 Å². The molecule has 0 aliphatic heterocycles. The van der Waals surface area contributed by atoms with Crippen molar-refractivity contribution in [1.29, 1.82) is 0 Å². The molecule has 1 atom stereocenters. The second-order valence-corrected chi connectivity index (χ2v) is 5.72. The molecule has 0 fully saturated rings. The van der Waals surface area contributed by atoms with Gasteiger partial charge in [-0.3, -0.25) is 0 Å². The molecule has 0 saturated heterocycles. The highest BCUT2D eigenvalue weighted by Gasteiger charge is 2.13. The van der Waals surface area contributed by atoms with Crippen LogP contribution in [0.3, 0.4) is 0 Å². The van der Waals surface area contributed by atoms with Crippen molar-refractivity contribution >= 4 is 11.3 Å². The van der Waals surface area contributed by atoms with Crippen LogP contribution in [0.15, 0.2) is 30.3 Å². The first kappa shape index (κ1) is 11.4. The van der Waals surface area contributed by atoms with Gasteiger partial charge in [0.1, 0.15) is 0 Å². The molecule has 2 N–H and O–H groups in total. The number of rotatable bonds is 2. The number of hydrogen-bond acceptors (Lipinski definition) is 2. The number of hydrogen-bond donors (Lipinski definition) is 1. The maximum atomic E-state index is 6.29. The van der Waals surface area contributed by atoms with Gasteiger partial charge in [-0.2, -0.15) is 0 Å². The summed E-state index contributed by atoms with van der Waals surface area (Å²) < 4.78 is 0. The summed E-state index contributed by atoms with van der Waals surface area (Å²) in [4.78, 5) is 2.65. The molecule has 16 heavy (non-hydrogen) atoms. The molecule has 1 aromatic heterocycles. The first-order valence-electron chi connectivity index (χ1n) is 5.47. The fourth-order valence-electron chi connectivity index (χ4n) is 1.91. The van der Waals surface area contributed by atoms with Crippen molar-refractivity contribution in [2.75, 3.05) is 0 Å². The van der Waals surface area contributed by atoms with Crippen molar-refractivity contribution in [3.05, 3.63) is 56.8 Å². The van der Waals surface area contributed by atoms with Crippen molar-refractivity contribution in [2.45, 2.75) is 26.8 Å². The van der Waals surface area contributed by atoms with Crippen LogP contribution in [0.1, 0.15) is 32.5 Å². The van der Waals surface area contributed by atoms with Crippen LogP contribution >= 0.6 is 11.3 Å². The SMILES string of the molecule is Cc1ccc(C(N)c2cc(C)sc2C)cc1. The third-order valence-electron chi connectivity index (χ3n) is 2.85. The van der Waals surface area contributed by atoms with Crippen molar-refractivity contribution in [2.24, 2.45) is 5.73 Å². The summed E-state index contributed by atoms with van der Waals surface area (Å²) in [6, 6.07) is 10.7. The summed E-state index contributed by atoms with van der Waals surface area (Å²) in [5, 5.41) is 0. The van der Waals surface area contributed by atoms with Crippen LogP contribution in [0.25, 0.3) is 0 Å². The maximum absolute atomic E-state index is 6.29. The molecule has 84 valence electrons. The largest absolute Gasteiger partial charge is 0.320 e. The van der Waals surface area contributed by atoms with Gasteiger partial charge in [0.05, 0.1) is 6.04 Å². The molecule has 0 saturated carbocycles. The molecule has 1 unspecified atom stereocenters. The fraction of sp³-hybridized carbons (Fsp3) is 0.286. The topological polar surface area (TPSA) is 26.0 Å². The monoisotopic (exact) mass is 231 g/mol. The Bertz CT molecular complexity index is 482. The lowest BCUT2D eigenvalue weighted by molar-refractivity contribution is 0.868. The van der Waals surface area contributed by atoms with Gasteiger partial charge in [-0.15, -0.1) is 11.3 Å². The summed E-state index contributed by atoms with van der Waals surface area (Å²) in [5.74, 6) is 0. The van der Waals surface area contributed by atoms with Crippen LogP contribution in [0.2, 0.25) is 0 Å². The van der Waals surface area contributed by atoms with E-state index in [4.69, 9.17) is 5.73 Å². The Morgan fingerprint density at radius 2 is 1.69 bits per heavy atom. The van der Waals surface area contributed by atoms with E-state index in [1.807, 2.05) is 11.3 Å². The maximum Gasteiger partial charge on any atom is 0.0562 e. The Hall–Kier alpha value is -1.12. The molecule has 1 heterocycles. The van der Waals surface area contributed by atoms with Gasteiger partial charge in [0.2, 0.25) is 0 Å². The van der Waals surface area contributed by atoms with E-state index in [1.54, 1.807) is 0 Å². The Morgan fingerprint density at radius 3 is 2.19 bits per heavy atom. The van der Waals surface area contributed by atoms with E-state index in [9.17, 15) is 0 Å². The Morgan fingerprint density at radius 1 is 1.06 bits per heavy atom. The second-order valence-electron chi connectivity index (χ2n) is 4.26. The smallest absolute Gasteiger partial charge is 0.0562 e. The van der Waals surface area contributed by atoms with E-state index >= 15 is 0 Å². The van der Waals surface area contributed by atoms with Crippen LogP contribution in [-0.2, 0) is 0 Å². The number of aryl methyl sites for hydroxylation is 3. The number of thiophene rings is 1. The summed E-state index contributed by atoms with van der Waals surface area (Å²) >= 11 is 1.82. The summed E-state index contributed by atoms with van der Waals surface area (Å²) in [7, 11) is 0. The van der Waals surface area contributed by atoms with Gasteiger partial charge in [-0.1, -0.05) is 29.8 Å². The van der Waals surface area contributed by atoms with E-state index in [0.717, 1.165) is 0 Å². The van der Waals surface area contributed by atoms with E-state index in [0.29, 0.717) is 0 Å². The zero-order valence-electron chi connectivity index (χ0n) is 9.95. The highest BCUT2D eigenvalue weighted by molar-refractivity contribution is 7.12. The lowest BCUT2D eigenvalue weighted by Crippen LogP contribution is -2.11. The minimum absolute atomic E-state index is 0.00514. The highest BCUT2D eigenvalue weighted by Crippen LogP contribution is 2.29. The molecule has 2 aromatic rings. The standard InChI is InChI=1S/C14H17NS/c1-9-4-6-12(7-5-9)14(15)13-8-10(2)16-11(13)3/h4-8,14H,15H2,1-3H3. The average Bonchev–Trinajstić information content (AvgIpc) is 2.58. The van der Waals surface area contributed by atoms with Gasteiger partial charge < -0.3 is 5.73 Å².